The number of piperazine rings is 1. The van der Waals surface area contributed by atoms with E-state index in [0.29, 0.717) is 47.0 Å². The molecule has 2 aromatic rings. The fourth-order valence-electron chi connectivity index (χ4n) is 3.03. The van der Waals surface area contributed by atoms with Crippen molar-refractivity contribution in [1.82, 2.24) is 9.80 Å². The van der Waals surface area contributed by atoms with E-state index in [2.05, 4.69) is 20.7 Å². The number of carbonyl (C=O) groups is 1. The summed E-state index contributed by atoms with van der Waals surface area (Å²) in [5, 5.41) is 0.318. The Morgan fingerprint density at radius 1 is 1.10 bits per heavy atom. The monoisotopic (exact) mass is 496 g/mol. The molecule has 0 atom stereocenters. The Hall–Kier alpha value is -2.17. The smallest absolute Gasteiger partial charge is 0.261 e. The van der Waals surface area contributed by atoms with Crippen LogP contribution in [0.4, 0.5) is 5.69 Å². The van der Waals surface area contributed by atoms with E-state index in [0.717, 1.165) is 5.56 Å². The zero-order valence-corrected chi connectivity index (χ0v) is 19.0. The Balaban J connectivity index is 1.79. The van der Waals surface area contributed by atoms with E-state index in [1.807, 2.05) is 17.9 Å². The van der Waals surface area contributed by atoms with E-state index in [-0.39, 0.29) is 10.8 Å². The average molecular weight is 497 g/mol. The van der Waals surface area contributed by atoms with Gasteiger partial charge in [-0.3, -0.25) is 9.52 Å². The Labute approximate surface area is 184 Å². The molecule has 0 unspecified atom stereocenters. The van der Waals surface area contributed by atoms with Crippen LogP contribution in [0.2, 0.25) is 0 Å². The van der Waals surface area contributed by atoms with Crippen LogP contribution in [0.5, 0.6) is 0 Å². The van der Waals surface area contributed by atoms with Gasteiger partial charge in [-0.1, -0.05) is 12.1 Å². The molecule has 10 heteroatoms. The molecule has 29 heavy (non-hydrogen) atoms. The summed E-state index contributed by atoms with van der Waals surface area (Å²) in [6.45, 7) is 3.94. The van der Waals surface area contributed by atoms with E-state index >= 15 is 0 Å². The van der Waals surface area contributed by atoms with Crippen LogP contribution in [-0.2, 0) is 10.0 Å². The number of aryl methyl sites for hydroxylation is 1. The summed E-state index contributed by atoms with van der Waals surface area (Å²) in [6.07, 6.45) is 0. The lowest BCUT2D eigenvalue weighted by molar-refractivity contribution is 0.0692. The molecule has 0 aliphatic carbocycles. The summed E-state index contributed by atoms with van der Waals surface area (Å²) < 4.78 is 28.9. The van der Waals surface area contributed by atoms with E-state index in [9.17, 15) is 13.2 Å². The third kappa shape index (κ3) is 5.06. The van der Waals surface area contributed by atoms with Crippen LogP contribution in [0.25, 0.3) is 0 Å². The van der Waals surface area contributed by atoms with Crippen LogP contribution >= 0.6 is 28.1 Å². The third-order valence-corrected chi connectivity index (χ3v) is 6.95. The number of carbonyl (C=O) groups excluding carboxylic acids is 1. The number of hydrogen-bond acceptors (Lipinski definition) is 4. The molecule has 0 radical (unpaired) electrons. The van der Waals surface area contributed by atoms with Crippen LogP contribution in [0.15, 0.2) is 51.8 Å². The summed E-state index contributed by atoms with van der Waals surface area (Å²) in [4.78, 5) is 16.4. The molecule has 1 saturated heterocycles. The highest BCUT2D eigenvalue weighted by atomic mass is 79.9. The van der Waals surface area contributed by atoms with Gasteiger partial charge >= 0.3 is 0 Å². The average Bonchev–Trinajstić information content (AvgIpc) is 2.70. The molecule has 1 amide bonds. The number of nitrogens with zero attached hydrogens (tertiary/aromatic N) is 2. The predicted octanol–water partition coefficient (Wildman–Crippen LogP) is 2.56. The molecular weight excluding hydrogens is 476 g/mol. The van der Waals surface area contributed by atoms with Gasteiger partial charge in [0.2, 0.25) is 0 Å². The Morgan fingerprint density at radius 2 is 1.76 bits per heavy atom. The number of benzene rings is 2. The van der Waals surface area contributed by atoms with Gasteiger partial charge in [0, 0.05) is 36.2 Å². The molecule has 7 nitrogen and oxygen atoms in total. The van der Waals surface area contributed by atoms with Crippen molar-refractivity contribution in [2.45, 2.75) is 11.8 Å². The number of amides is 1. The number of sulfonamides is 1. The van der Waals surface area contributed by atoms with Crippen molar-refractivity contribution < 1.29 is 13.2 Å². The summed E-state index contributed by atoms with van der Waals surface area (Å²) in [6, 6.07) is 11.4. The summed E-state index contributed by atoms with van der Waals surface area (Å²) in [5.74, 6) is -0.221. The molecule has 154 valence electrons. The minimum atomic E-state index is -3.85. The standard InChI is InChI=1S/C19H21BrN4O3S2/c1-13-5-6-16(20)17(11-13)22-29(26,27)15-4-2-3-14(12-15)18(25)23-7-9-24(10-8-23)19(21)28/h2-6,11-12,22H,7-10H2,1H3,(H2,21,28). The predicted molar refractivity (Wildman–Crippen MR) is 120 cm³/mol. The first-order valence-corrected chi connectivity index (χ1v) is 11.6. The molecule has 0 aromatic heterocycles. The van der Waals surface area contributed by atoms with Crippen LogP contribution in [0.3, 0.4) is 0 Å². The van der Waals surface area contributed by atoms with Crippen molar-refractivity contribution in [2.24, 2.45) is 5.73 Å². The van der Waals surface area contributed by atoms with Crippen molar-refractivity contribution in [1.29, 1.82) is 0 Å². The fraction of sp³-hybridized carbons (Fsp3) is 0.263. The number of rotatable bonds is 4. The van der Waals surface area contributed by atoms with E-state index in [4.69, 9.17) is 18.0 Å². The van der Waals surface area contributed by atoms with Crippen LogP contribution < -0.4 is 10.5 Å². The van der Waals surface area contributed by atoms with Crippen LogP contribution in [-0.4, -0.2) is 55.4 Å². The van der Waals surface area contributed by atoms with Gasteiger partial charge in [0.25, 0.3) is 15.9 Å². The first-order valence-electron chi connectivity index (χ1n) is 8.90. The maximum atomic E-state index is 12.8. The molecule has 0 bridgehead atoms. The summed E-state index contributed by atoms with van der Waals surface area (Å²) in [5.41, 5.74) is 7.31. The molecule has 3 N–H and O–H groups in total. The minimum absolute atomic E-state index is 0.0264. The minimum Gasteiger partial charge on any atom is -0.376 e. The van der Waals surface area contributed by atoms with Crippen LogP contribution in [0, 0.1) is 6.92 Å². The van der Waals surface area contributed by atoms with Crippen molar-refractivity contribution in [3.63, 3.8) is 0 Å². The fourth-order valence-corrected chi connectivity index (χ4v) is 4.81. The second-order valence-corrected chi connectivity index (χ2v) is 9.69. The molecule has 0 saturated carbocycles. The molecule has 1 aliphatic rings. The highest BCUT2D eigenvalue weighted by Crippen LogP contribution is 2.26. The molecule has 1 heterocycles. The van der Waals surface area contributed by atoms with Gasteiger partial charge in [-0.05, 0) is 71.0 Å². The lowest BCUT2D eigenvalue weighted by atomic mass is 10.2. The Morgan fingerprint density at radius 3 is 2.41 bits per heavy atom. The van der Waals surface area contributed by atoms with Crippen molar-refractivity contribution in [3.8, 4) is 0 Å². The van der Waals surface area contributed by atoms with Gasteiger partial charge in [-0.2, -0.15) is 0 Å². The molecule has 0 spiro atoms. The zero-order chi connectivity index (χ0) is 21.2. The molecule has 1 aliphatic heterocycles. The number of hydrogen-bond donors (Lipinski definition) is 2. The Kier molecular flexibility index (Phi) is 6.45. The molecular formula is C19H21BrN4O3S2. The maximum Gasteiger partial charge on any atom is 0.261 e. The van der Waals surface area contributed by atoms with Gasteiger partial charge < -0.3 is 15.5 Å². The molecule has 1 fully saturated rings. The van der Waals surface area contributed by atoms with Gasteiger partial charge in [0.1, 0.15) is 0 Å². The van der Waals surface area contributed by atoms with Crippen molar-refractivity contribution >= 4 is 54.9 Å². The molecule has 3 rings (SSSR count). The van der Waals surface area contributed by atoms with Crippen molar-refractivity contribution in [3.05, 3.63) is 58.1 Å². The lowest BCUT2D eigenvalue weighted by Gasteiger charge is -2.35. The Bertz CT molecular complexity index is 1050. The SMILES string of the molecule is Cc1ccc(Br)c(NS(=O)(=O)c2cccc(C(=O)N3CCN(C(N)=S)CC3)c2)c1. The van der Waals surface area contributed by atoms with Gasteiger partial charge in [-0.25, -0.2) is 8.42 Å². The largest absolute Gasteiger partial charge is 0.376 e. The number of halogens is 1. The molecule has 2 aromatic carbocycles. The number of nitrogens with two attached hydrogens (primary N) is 1. The van der Waals surface area contributed by atoms with E-state index in [1.54, 1.807) is 29.2 Å². The normalized spacial score (nSPS) is 14.6. The number of anilines is 1. The van der Waals surface area contributed by atoms with Gasteiger partial charge in [0.15, 0.2) is 5.11 Å². The number of nitrogens with one attached hydrogen (secondary N) is 1. The quantitative estimate of drug-likeness (QED) is 0.631. The number of thiocarbonyl (C=S) groups is 1. The summed E-state index contributed by atoms with van der Waals surface area (Å²) in [7, 11) is -3.85. The highest BCUT2D eigenvalue weighted by Gasteiger charge is 2.24. The second kappa shape index (κ2) is 8.68. The van der Waals surface area contributed by atoms with E-state index in [1.165, 1.54) is 12.1 Å². The second-order valence-electron chi connectivity index (χ2n) is 6.73. The first-order chi connectivity index (χ1) is 13.7. The topological polar surface area (TPSA) is 95.7 Å². The van der Waals surface area contributed by atoms with Crippen molar-refractivity contribution in [2.75, 3.05) is 30.9 Å². The maximum absolute atomic E-state index is 12.8. The summed E-state index contributed by atoms with van der Waals surface area (Å²) >= 11 is 8.32. The lowest BCUT2D eigenvalue weighted by Crippen LogP contribution is -2.52. The third-order valence-electron chi connectivity index (χ3n) is 4.64. The van der Waals surface area contributed by atoms with Gasteiger partial charge in [0.05, 0.1) is 10.6 Å². The van der Waals surface area contributed by atoms with E-state index < -0.39 is 10.0 Å². The van der Waals surface area contributed by atoms with Gasteiger partial charge in [-0.15, -0.1) is 0 Å². The highest BCUT2D eigenvalue weighted by molar-refractivity contribution is 9.10. The first kappa shape index (κ1) is 21.5. The zero-order valence-electron chi connectivity index (χ0n) is 15.8. The van der Waals surface area contributed by atoms with Crippen LogP contribution in [0.1, 0.15) is 15.9 Å².